The molecule has 0 fully saturated rings. The highest BCUT2D eigenvalue weighted by Gasteiger charge is 2.46. The number of fused-ring (bicyclic) bond motifs is 11. The summed E-state index contributed by atoms with van der Waals surface area (Å²) in [5, 5.41) is 7.12. The molecule has 0 saturated heterocycles. The summed E-state index contributed by atoms with van der Waals surface area (Å²) in [5.74, 6) is 0. The Morgan fingerprint density at radius 2 is 1.00 bits per heavy atom. The van der Waals surface area contributed by atoms with Crippen molar-refractivity contribution < 1.29 is 4.42 Å². The average molecular weight is 884 g/mol. The van der Waals surface area contributed by atoms with Gasteiger partial charge in [0.2, 0.25) is 0 Å². The molecule has 0 bridgehead atoms. The van der Waals surface area contributed by atoms with Gasteiger partial charge in [-0.05, 0) is 104 Å². The van der Waals surface area contributed by atoms with E-state index in [1.807, 2.05) is 11.3 Å². The summed E-state index contributed by atoms with van der Waals surface area (Å²) < 4.78 is 9.40. The van der Waals surface area contributed by atoms with Crippen molar-refractivity contribution in [2.45, 2.75) is 5.41 Å². The monoisotopic (exact) mass is 883 g/mol. The van der Waals surface area contributed by atoms with Gasteiger partial charge >= 0.3 is 0 Å². The van der Waals surface area contributed by atoms with Crippen molar-refractivity contribution in [2.75, 3.05) is 4.90 Å². The Morgan fingerprint density at radius 3 is 1.82 bits per heavy atom. The van der Waals surface area contributed by atoms with Gasteiger partial charge in [-0.15, -0.1) is 11.3 Å². The molecule has 2 heterocycles. The molecule has 14 rings (SSSR count). The summed E-state index contributed by atoms with van der Waals surface area (Å²) in [4.78, 5) is 2.47. The minimum atomic E-state index is -0.549. The fraction of sp³-hybridized carbons (Fsp3) is 0.0154. The quantitative estimate of drug-likeness (QED) is 0.159. The van der Waals surface area contributed by atoms with Crippen LogP contribution < -0.4 is 4.90 Å². The van der Waals surface area contributed by atoms with Crippen molar-refractivity contribution in [3.8, 4) is 33.4 Å². The van der Waals surface area contributed by atoms with Crippen molar-refractivity contribution in [1.82, 2.24) is 0 Å². The molecule has 0 atom stereocenters. The molecule has 318 valence electrons. The van der Waals surface area contributed by atoms with Crippen LogP contribution in [0.2, 0.25) is 0 Å². The van der Waals surface area contributed by atoms with Gasteiger partial charge in [0.15, 0.2) is 0 Å². The zero-order valence-corrected chi connectivity index (χ0v) is 37.8. The zero-order chi connectivity index (χ0) is 44.8. The molecule has 0 unspecified atom stereocenters. The molecule has 0 radical (unpaired) electrons. The van der Waals surface area contributed by atoms with Crippen molar-refractivity contribution in [3.63, 3.8) is 0 Å². The number of benzene rings is 11. The molecule has 0 N–H and O–H groups in total. The Labute approximate surface area is 398 Å². The molecular weight excluding hydrogens is 843 g/mol. The minimum absolute atomic E-state index is 0.549. The van der Waals surface area contributed by atoms with Gasteiger partial charge in [0, 0.05) is 53.3 Å². The van der Waals surface area contributed by atoms with Crippen LogP contribution in [0.4, 0.5) is 17.1 Å². The molecule has 2 nitrogen and oxygen atoms in total. The molecule has 68 heavy (non-hydrogen) atoms. The van der Waals surface area contributed by atoms with Crippen LogP contribution in [0.3, 0.4) is 0 Å². The number of furan rings is 1. The maximum atomic E-state index is 6.78. The molecule has 0 aliphatic heterocycles. The number of thiophene rings is 1. The minimum Gasteiger partial charge on any atom is -0.455 e. The van der Waals surface area contributed by atoms with Crippen LogP contribution in [0.25, 0.3) is 86.3 Å². The maximum Gasteiger partial charge on any atom is 0.143 e. The first-order valence-corrected chi connectivity index (χ1v) is 24.1. The summed E-state index contributed by atoms with van der Waals surface area (Å²) in [6, 6.07) is 91.3. The first-order valence-electron chi connectivity index (χ1n) is 23.3. The largest absolute Gasteiger partial charge is 0.455 e. The van der Waals surface area contributed by atoms with Gasteiger partial charge in [0.1, 0.15) is 11.2 Å². The third-order valence-electron chi connectivity index (χ3n) is 14.4. The van der Waals surface area contributed by atoms with E-state index in [0.717, 1.165) is 55.5 Å². The van der Waals surface area contributed by atoms with E-state index in [0.29, 0.717) is 0 Å². The van der Waals surface area contributed by atoms with Gasteiger partial charge in [-0.1, -0.05) is 200 Å². The van der Waals surface area contributed by atoms with Gasteiger partial charge in [0.25, 0.3) is 0 Å². The van der Waals surface area contributed by atoms with E-state index in [-0.39, 0.29) is 0 Å². The van der Waals surface area contributed by atoms with E-state index in [2.05, 4.69) is 254 Å². The second-order valence-corrected chi connectivity index (χ2v) is 18.9. The summed E-state index contributed by atoms with van der Waals surface area (Å²) in [6.07, 6.45) is 0. The predicted octanol–water partition coefficient (Wildman–Crippen LogP) is 18.3. The SMILES string of the molecule is c1ccc(C2(c3ccccc3)c3ccccc3-c3ccc(N(c4ccc(-c5cccc6c5sc5ccccc56)cc4)c4ccccc4-c4cccc5oc6c7ccccc7ccc6c45)cc32)cc1. The fourth-order valence-electron chi connectivity index (χ4n) is 11.4. The zero-order valence-electron chi connectivity index (χ0n) is 36.9. The Balaban J connectivity index is 1.02. The molecule has 11 aromatic carbocycles. The normalized spacial score (nSPS) is 12.8. The highest BCUT2D eigenvalue weighted by atomic mass is 32.1. The van der Waals surface area contributed by atoms with E-state index in [4.69, 9.17) is 4.42 Å². The second kappa shape index (κ2) is 15.3. The Hall–Kier alpha value is -8.50. The summed E-state index contributed by atoms with van der Waals surface area (Å²) in [5.41, 5.74) is 16.7. The lowest BCUT2D eigenvalue weighted by atomic mass is 9.67. The van der Waals surface area contributed by atoms with Gasteiger partial charge in [-0.3, -0.25) is 0 Å². The molecule has 0 amide bonds. The van der Waals surface area contributed by atoms with Crippen LogP contribution in [0, 0.1) is 0 Å². The van der Waals surface area contributed by atoms with E-state index in [9.17, 15) is 0 Å². The maximum absolute atomic E-state index is 6.78. The van der Waals surface area contributed by atoms with E-state index >= 15 is 0 Å². The van der Waals surface area contributed by atoms with Crippen LogP contribution in [-0.2, 0) is 5.41 Å². The van der Waals surface area contributed by atoms with Crippen LogP contribution in [0.1, 0.15) is 22.3 Å². The summed E-state index contributed by atoms with van der Waals surface area (Å²) >= 11 is 1.87. The van der Waals surface area contributed by atoms with Crippen molar-refractivity contribution in [2.24, 2.45) is 0 Å². The second-order valence-electron chi connectivity index (χ2n) is 17.9. The predicted molar refractivity (Wildman–Crippen MR) is 287 cm³/mol. The van der Waals surface area contributed by atoms with Crippen molar-refractivity contribution in [3.05, 3.63) is 271 Å². The van der Waals surface area contributed by atoms with Crippen LogP contribution >= 0.6 is 11.3 Å². The first-order chi connectivity index (χ1) is 33.7. The molecular formula is C65H41NOS. The number of hydrogen-bond donors (Lipinski definition) is 0. The average Bonchev–Trinajstić information content (AvgIpc) is 4.09. The Morgan fingerprint density at radius 1 is 0.382 bits per heavy atom. The fourth-order valence-corrected chi connectivity index (χ4v) is 12.7. The molecule has 0 spiro atoms. The van der Waals surface area contributed by atoms with Gasteiger partial charge < -0.3 is 9.32 Å². The molecule has 13 aromatic rings. The number of nitrogens with zero attached hydrogens (tertiary/aromatic N) is 1. The lowest BCUT2D eigenvalue weighted by molar-refractivity contribution is 0.673. The van der Waals surface area contributed by atoms with Gasteiger partial charge in [-0.2, -0.15) is 0 Å². The summed E-state index contributed by atoms with van der Waals surface area (Å²) in [7, 11) is 0. The van der Waals surface area contributed by atoms with Crippen molar-refractivity contribution >= 4 is 81.3 Å². The van der Waals surface area contributed by atoms with Crippen LogP contribution in [0.15, 0.2) is 253 Å². The number of hydrogen-bond acceptors (Lipinski definition) is 3. The highest BCUT2D eigenvalue weighted by molar-refractivity contribution is 7.26. The molecule has 3 heteroatoms. The number of rotatable bonds is 7. The summed E-state index contributed by atoms with van der Waals surface area (Å²) in [6.45, 7) is 0. The molecule has 1 aliphatic rings. The standard InChI is InChI=1S/C65H41NOS/c1-3-18-44(19-4-1)65(45-20-5-2-6-21-45)57-29-12-9-23-50(57)51-40-38-47(41-58(51)65)66(46-36-33-43(34-37-46)49-26-15-28-55-53-25-11-14-32-61(53)68-64(49)55)59-30-13-10-24-52(59)54-27-16-31-60-62(54)56-39-35-42-17-7-8-22-48(42)63(56)67-60/h1-41H. The first kappa shape index (κ1) is 38.7. The van der Waals surface area contributed by atoms with Crippen LogP contribution in [0.5, 0.6) is 0 Å². The third kappa shape index (κ3) is 5.70. The molecule has 1 aliphatic carbocycles. The lowest BCUT2D eigenvalue weighted by Crippen LogP contribution is -2.28. The Bertz CT molecular complexity index is 4050. The number of anilines is 3. The Kier molecular flexibility index (Phi) is 8.71. The van der Waals surface area contributed by atoms with Gasteiger partial charge in [0.05, 0.1) is 11.1 Å². The molecule has 0 saturated carbocycles. The molecule has 2 aromatic heterocycles. The third-order valence-corrected chi connectivity index (χ3v) is 15.6. The van der Waals surface area contributed by atoms with Crippen LogP contribution in [-0.4, -0.2) is 0 Å². The van der Waals surface area contributed by atoms with E-state index in [1.54, 1.807) is 0 Å². The number of para-hydroxylation sites is 1. The smallest absolute Gasteiger partial charge is 0.143 e. The van der Waals surface area contributed by atoms with E-state index in [1.165, 1.54) is 70.1 Å². The highest BCUT2D eigenvalue weighted by Crippen LogP contribution is 2.58. The topological polar surface area (TPSA) is 16.4 Å². The van der Waals surface area contributed by atoms with E-state index < -0.39 is 5.41 Å². The van der Waals surface area contributed by atoms with Crippen molar-refractivity contribution in [1.29, 1.82) is 0 Å². The lowest BCUT2D eigenvalue weighted by Gasteiger charge is -2.35. The van der Waals surface area contributed by atoms with Gasteiger partial charge in [-0.25, -0.2) is 0 Å².